The van der Waals surface area contributed by atoms with E-state index in [1.165, 1.54) is 11.0 Å². The summed E-state index contributed by atoms with van der Waals surface area (Å²) in [5.74, 6) is -1.91. The summed E-state index contributed by atoms with van der Waals surface area (Å²) in [5.41, 5.74) is -1.57. The third kappa shape index (κ3) is 6.57. The van der Waals surface area contributed by atoms with Crippen molar-refractivity contribution in [1.29, 1.82) is 0 Å². The van der Waals surface area contributed by atoms with Gasteiger partial charge in [0.2, 0.25) is 0 Å². The van der Waals surface area contributed by atoms with E-state index in [0.717, 1.165) is 31.7 Å². The second kappa shape index (κ2) is 9.65. The predicted molar refractivity (Wildman–Crippen MR) is 91.5 cm³/mol. The van der Waals surface area contributed by atoms with Gasteiger partial charge < -0.3 is 10.2 Å². The van der Waals surface area contributed by atoms with Gasteiger partial charge >= 0.3 is 18.0 Å². The Labute approximate surface area is 150 Å². The Morgan fingerprint density at radius 2 is 1.68 bits per heavy atom. The molecule has 0 unspecified atom stereocenters. The highest BCUT2D eigenvalue weighted by Gasteiger charge is 2.35. The molecule has 2 amide bonds. The fourth-order valence-electron chi connectivity index (χ4n) is 2.19. The molecule has 1 aromatic rings. The van der Waals surface area contributed by atoms with Crippen molar-refractivity contribution >= 4 is 29.1 Å². The van der Waals surface area contributed by atoms with Crippen molar-refractivity contribution in [2.75, 3.05) is 18.4 Å². The molecule has 0 fully saturated rings. The molecule has 0 aromatic heterocycles. The second-order valence-electron chi connectivity index (χ2n) is 5.64. The van der Waals surface area contributed by atoms with E-state index in [9.17, 15) is 22.8 Å². The highest BCUT2D eigenvalue weighted by molar-refractivity contribution is 6.39. The van der Waals surface area contributed by atoms with Gasteiger partial charge in [-0.1, -0.05) is 38.3 Å². The summed E-state index contributed by atoms with van der Waals surface area (Å²) < 4.78 is 39.2. The number of benzene rings is 1. The van der Waals surface area contributed by atoms with Gasteiger partial charge in [-0.3, -0.25) is 9.59 Å². The first kappa shape index (κ1) is 21.3. The molecule has 8 heteroatoms. The molecule has 0 heterocycles. The van der Waals surface area contributed by atoms with E-state index in [1.54, 1.807) is 0 Å². The van der Waals surface area contributed by atoms with Gasteiger partial charge in [0.05, 0.1) is 11.3 Å². The highest BCUT2D eigenvalue weighted by atomic mass is 35.5. The molecule has 0 radical (unpaired) electrons. The average molecular weight is 379 g/mol. The molecule has 0 saturated heterocycles. The van der Waals surface area contributed by atoms with E-state index in [4.69, 9.17) is 11.6 Å². The molecule has 0 bridgehead atoms. The van der Waals surface area contributed by atoms with Crippen molar-refractivity contribution in [3.8, 4) is 0 Å². The van der Waals surface area contributed by atoms with Crippen LogP contribution in [0.15, 0.2) is 18.2 Å². The molecule has 0 saturated carbocycles. The fourth-order valence-corrected chi connectivity index (χ4v) is 2.36. The number of carbonyl (C=O) groups is 2. The molecule has 0 aliphatic heterocycles. The summed E-state index contributed by atoms with van der Waals surface area (Å²) in [6.07, 6.45) is -1.57. The summed E-state index contributed by atoms with van der Waals surface area (Å²) in [6, 6.07) is 2.98. The zero-order valence-corrected chi connectivity index (χ0v) is 15.0. The number of nitrogens with zero attached hydrogens (tertiary/aromatic N) is 1. The summed E-state index contributed by atoms with van der Waals surface area (Å²) in [6.45, 7) is 4.70. The van der Waals surface area contributed by atoms with Crippen LogP contribution in [-0.4, -0.2) is 29.8 Å². The van der Waals surface area contributed by atoms with Crippen LogP contribution in [0, 0.1) is 0 Å². The third-order valence-corrected chi connectivity index (χ3v) is 3.81. The standard InChI is InChI=1S/C17H22ClF3N2O2/c1-3-5-9-23(10-6-4-2)16(25)15(24)22-14-8-7-12(18)11-13(14)17(19,20)21/h7-8,11H,3-6,9-10H2,1-2H3,(H,22,24). The minimum absolute atomic E-state index is 0.107. The summed E-state index contributed by atoms with van der Waals surface area (Å²) in [5, 5.41) is 1.96. The molecular formula is C17H22ClF3N2O2. The number of alkyl halides is 3. The van der Waals surface area contributed by atoms with Crippen LogP contribution in [-0.2, 0) is 15.8 Å². The smallest absolute Gasteiger partial charge is 0.334 e. The molecule has 1 aromatic carbocycles. The van der Waals surface area contributed by atoms with E-state index >= 15 is 0 Å². The van der Waals surface area contributed by atoms with Crippen molar-refractivity contribution in [2.45, 2.75) is 45.7 Å². The minimum atomic E-state index is -4.69. The van der Waals surface area contributed by atoms with Gasteiger partial charge in [-0.15, -0.1) is 0 Å². The lowest BCUT2D eigenvalue weighted by Gasteiger charge is -2.22. The quantitative estimate of drug-likeness (QED) is 0.697. The van der Waals surface area contributed by atoms with Gasteiger partial charge in [-0.05, 0) is 31.0 Å². The van der Waals surface area contributed by atoms with E-state index in [-0.39, 0.29) is 5.02 Å². The molecule has 1 N–H and O–H groups in total. The maximum Gasteiger partial charge on any atom is 0.418 e. The number of hydrogen-bond donors (Lipinski definition) is 1. The first-order chi connectivity index (χ1) is 11.7. The number of hydrogen-bond acceptors (Lipinski definition) is 2. The number of rotatable bonds is 7. The lowest BCUT2D eigenvalue weighted by atomic mass is 10.1. The Kier molecular flexibility index (Phi) is 8.22. The summed E-state index contributed by atoms with van der Waals surface area (Å²) >= 11 is 5.60. The van der Waals surface area contributed by atoms with Gasteiger partial charge in [0.25, 0.3) is 0 Å². The topological polar surface area (TPSA) is 49.4 Å². The van der Waals surface area contributed by atoms with Crippen LogP contribution >= 0.6 is 11.6 Å². The molecule has 1 rings (SSSR count). The van der Waals surface area contributed by atoms with Crippen molar-refractivity contribution in [3.05, 3.63) is 28.8 Å². The van der Waals surface area contributed by atoms with Crippen LogP contribution in [0.5, 0.6) is 0 Å². The number of halogens is 4. The Morgan fingerprint density at radius 3 is 2.16 bits per heavy atom. The molecule has 0 spiro atoms. The van der Waals surface area contributed by atoms with E-state index < -0.39 is 29.2 Å². The maximum absolute atomic E-state index is 13.1. The predicted octanol–water partition coefficient (Wildman–Crippen LogP) is 4.73. The van der Waals surface area contributed by atoms with Gasteiger partial charge in [0, 0.05) is 18.1 Å². The Morgan fingerprint density at radius 1 is 1.12 bits per heavy atom. The van der Waals surface area contributed by atoms with Gasteiger partial charge in [0.15, 0.2) is 0 Å². The average Bonchev–Trinajstić information content (AvgIpc) is 2.55. The first-order valence-electron chi connectivity index (χ1n) is 8.17. The largest absolute Gasteiger partial charge is 0.418 e. The van der Waals surface area contributed by atoms with Crippen LogP contribution in [0.25, 0.3) is 0 Å². The lowest BCUT2D eigenvalue weighted by Crippen LogP contribution is -2.41. The summed E-state index contributed by atoms with van der Waals surface area (Å²) in [4.78, 5) is 25.8. The third-order valence-electron chi connectivity index (χ3n) is 3.58. The van der Waals surface area contributed by atoms with Crippen molar-refractivity contribution in [3.63, 3.8) is 0 Å². The normalized spacial score (nSPS) is 11.3. The number of amides is 2. The summed E-state index contributed by atoms with van der Waals surface area (Å²) in [7, 11) is 0. The van der Waals surface area contributed by atoms with Crippen LogP contribution < -0.4 is 5.32 Å². The van der Waals surface area contributed by atoms with E-state index in [1.807, 2.05) is 13.8 Å². The van der Waals surface area contributed by atoms with Crippen LogP contribution in [0.1, 0.15) is 45.1 Å². The SMILES string of the molecule is CCCCN(CCCC)C(=O)C(=O)Nc1ccc(Cl)cc1C(F)(F)F. The van der Waals surface area contributed by atoms with Crippen LogP contribution in [0.2, 0.25) is 5.02 Å². The van der Waals surface area contributed by atoms with Crippen molar-refractivity contribution < 1.29 is 22.8 Å². The molecule has 0 aliphatic rings. The Bertz CT molecular complexity index is 598. The zero-order valence-electron chi connectivity index (χ0n) is 14.3. The highest BCUT2D eigenvalue weighted by Crippen LogP contribution is 2.36. The number of anilines is 1. The van der Waals surface area contributed by atoms with Crippen LogP contribution in [0.4, 0.5) is 18.9 Å². The Balaban J connectivity index is 2.94. The number of carbonyl (C=O) groups excluding carboxylic acids is 2. The molecular weight excluding hydrogens is 357 g/mol. The fraction of sp³-hybridized carbons (Fsp3) is 0.529. The van der Waals surface area contributed by atoms with E-state index in [0.29, 0.717) is 19.2 Å². The number of unbranched alkanes of at least 4 members (excludes halogenated alkanes) is 2. The van der Waals surface area contributed by atoms with Gasteiger partial charge in [0.1, 0.15) is 0 Å². The lowest BCUT2D eigenvalue weighted by molar-refractivity contribution is -0.143. The number of nitrogens with one attached hydrogen (secondary N) is 1. The molecule has 0 aliphatic carbocycles. The zero-order chi connectivity index (χ0) is 19.0. The van der Waals surface area contributed by atoms with Gasteiger partial charge in [-0.25, -0.2) is 0 Å². The molecule has 0 atom stereocenters. The van der Waals surface area contributed by atoms with Gasteiger partial charge in [-0.2, -0.15) is 13.2 Å². The monoisotopic (exact) mass is 378 g/mol. The second-order valence-corrected chi connectivity index (χ2v) is 6.08. The molecule has 140 valence electrons. The van der Waals surface area contributed by atoms with Crippen molar-refractivity contribution in [1.82, 2.24) is 4.90 Å². The van der Waals surface area contributed by atoms with E-state index in [2.05, 4.69) is 5.32 Å². The Hall–Kier alpha value is -1.76. The first-order valence-corrected chi connectivity index (χ1v) is 8.55. The maximum atomic E-state index is 13.1. The minimum Gasteiger partial charge on any atom is -0.334 e. The molecule has 25 heavy (non-hydrogen) atoms. The van der Waals surface area contributed by atoms with Crippen LogP contribution in [0.3, 0.4) is 0 Å². The molecule has 4 nitrogen and oxygen atoms in total. The van der Waals surface area contributed by atoms with Crippen molar-refractivity contribution in [2.24, 2.45) is 0 Å².